The van der Waals surface area contributed by atoms with Gasteiger partial charge in [-0.2, -0.15) is 0 Å². The first-order valence-corrected chi connectivity index (χ1v) is 6.53. The van der Waals surface area contributed by atoms with Crippen molar-refractivity contribution in [3.63, 3.8) is 0 Å². The second kappa shape index (κ2) is 6.75. The van der Waals surface area contributed by atoms with E-state index in [2.05, 4.69) is 13.8 Å². The highest BCUT2D eigenvalue weighted by molar-refractivity contribution is 5.97. The maximum atomic E-state index is 13.5. The van der Waals surface area contributed by atoms with E-state index in [-0.39, 0.29) is 23.9 Å². The van der Waals surface area contributed by atoms with E-state index in [0.29, 0.717) is 5.92 Å². The average Bonchev–Trinajstić information content (AvgIpc) is 2.30. The van der Waals surface area contributed by atoms with E-state index in [1.54, 1.807) is 0 Å². The largest absolute Gasteiger partial charge is 0.293 e. The van der Waals surface area contributed by atoms with Crippen molar-refractivity contribution in [1.29, 1.82) is 0 Å². The lowest BCUT2D eigenvalue weighted by Crippen LogP contribution is -2.38. The van der Waals surface area contributed by atoms with Crippen molar-refractivity contribution >= 4 is 5.78 Å². The fourth-order valence-corrected chi connectivity index (χ4v) is 1.91. The van der Waals surface area contributed by atoms with Crippen LogP contribution in [0.15, 0.2) is 18.2 Å². The van der Waals surface area contributed by atoms with E-state index in [1.165, 1.54) is 0 Å². The summed E-state index contributed by atoms with van der Waals surface area (Å²) in [6.07, 6.45) is 0. The molecule has 0 spiro atoms. The molecule has 0 radical (unpaired) electrons. The first-order valence-electron chi connectivity index (χ1n) is 6.53. The van der Waals surface area contributed by atoms with Crippen LogP contribution < -0.4 is 0 Å². The van der Waals surface area contributed by atoms with E-state index in [1.807, 2.05) is 18.7 Å². The second-order valence-electron chi connectivity index (χ2n) is 5.46. The van der Waals surface area contributed by atoms with Crippen LogP contribution in [-0.2, 0) is 0 Å². The van der Waals surface area contributed by atoms with Gasteiger partial charge in [-0.3, -0.25) is 9.69 Å². The van der Waals surface area contributed by atoms with Gasteiger partial charge in [-0.15, -0.1) is 0 Å². The summed E-state index contributed by atoms with van der Waals surface area (Å²) >= 11 is 0. The van der Waals surface area contributed by atoms with Crippen LogP contribution in [0.1, 0.15) is 38.1 Å². The zero-order valence-corrected chi connectivity index (χ0v) is 11.9. The third kappa shape index (κ3) is 4.71. The molecule has 0 bridgehead atoms. The molecule has 0 saturated heterocycles. The first-order chi connectivity index (χ1) is 8.81. The van der Waals surface area contributed by atoms with Gasteiger partial charge in [-0.1, -0.05) is 13.8 Å². The lowest BCUT2D eigenvalue weighted by molar-refractivity contribution is 0.0888. The summed E-state index contributed by atoms with van der Waals surface area (Å²) in [4.78, 5) is 14.0. The van der Waals surface area contributed by atoms with Gasteiger partial charge in [0.05, 0.1) is 12.1 Å². The normalized spacial score (nSPS) is 11.6. The number of rotatable bonds is 6. The van der Waals surface area contributed by atoms with Crippen molar-refractivity contribution in [2.24, 2.45) is 5.92 Å². The Hall–Kier alpha value is -1.29. The van der Waals surface area contributed by atoms with Gasteiger partial charge >= 0.3 is 0 Å². The molecule has 0 aliphatic heterocycles. The monoisotopic (exact) mass is 269 g/mol. The predicted octanol–water partition coefficient (Wildman–Crippen LogP) is 3.51. The Morgan fingerprint density at radius 1 is 1.21 bits per heavy atom. The molecule has 19 heavy (non-hydrogen) atoms. The number of hydrogen-bond acceptors (Lipinski definition) is 2. The number of benzene rings is 1. The van der Waals surface area contributed by atoms with Crippen molar-refractivity contribution in [3.8, 4) is 0 Å². The minimum absolute atomic E-state index is 0.107. The van der Waals surface area contributed by atoms with Crippen LogP contribution in [0.4, 0.5) is 8.78 Å². The van der Waals surface area contributed by atoms with Gasteiger partial charge in [0.15, 0.2) is 5.78 Å². The molecule has 0 amide bonds. The lowest BCUT2D eigenvalue weighted by atomic mass is 10.1. The number of carbonyl (C=O) groups excluding carboxylic acids is 1. The minimum atomic E-state index is -0.667. The molecule has 0 aromatic heterocycles. The highest BCUT2D eigenvalue weighted by Gasteiger charge is 2.19. The van der Waals surface area contributed by atoms with Crippen LogP contribution in [0.2, 0.25) is 0 Å². The Labute approximate surface area is 113 Å². The Morgan fingerprint density at radius 2 is 1.84 bits per heavy atom. The maximum absolute atomic E-state index is 13.5. The Bertz CT molecular complexity index is 444. The standard InChI is InChI=1S/C15H21F2NO/c1-10(2)8-18(11(3)4)9-15(19)13-7-12(16)5-6-14(13)17/h5-7,10-11H,8-9H2,1-4H3. The molecule has 106 valence electrons. The Balaban J connectivity index is 2.84. The minimum Gasteiger partial charge on any atom is -0.293 e. The Kier molecular flexibility index (Phi) is 5.60. The van der Waals surface area contributed by atoms with Gasteiger partial charge < -0.3 is 0 Å². The van der Waals surface area contributed by atoms with E-state index < -0.39 is 11.6 Å². The third-order valence-corrected chi connectivity index (χ3v) is 2.91. The maximum Gasteiger partial charge on any atom is 0.179 e. The molecule has 0 fully saturated rings. The van der Waals surface area contributed by atoms with Crippen LogP contribution in [0.3, 0.4) is 0 Å². The fourth-order valence-electron chi connectivity index (χ4n) is 1.91. The molecule has 0 aliphatic carbocycles. The number of carbonyl (C=O) groups is 1. The van der Waals surface area contributed by atoms with Crippen LogP contribution in [0.5, 0.6) is 0 Å². The molecule has 4 heteroatoms. The van der Waals surface area contributed by atoms with Gasteiger partial charge in [0.2, 0.25) is 0 Å². The smallest absolute Gasteiger partial charge is 0.179 e. The van der Waals surface area contributed by atoms with Crippen LogP contribution in [0.25, 0.3) is 0 Å². The molecule has 0 saturated carbocycles. The number of Topliss-reactive ketones (excluding diaryl/α,β-unsaturated/α-hetero) is 1. The van der Waals surface area contributed by atoms with Crippen molar-refractivity contribution in [1.82, 2.24) is 4.90 Å². The number of halogens is 2. The summed E-state index contributed by atoms with van der Waals surface area (Å²) in [7, 11) is 0. The summed E-state index contributed by atoms with van der Waals surface area (Å²) in [6.45, 7) is 8.94. The molecule has 1 aromatic carbocycles. The second-order valence-corrected chi connectivity index (χ2v) is 5.46. The van der Waals surface area contributed by atoms with Crippen molar-refractivity contribution < 1.29 is 13.6 Å². The number of hydrogen-bond donors (Lipinski definition) is 0. The summed E-state index contributed by atoms with van der Waals surface area (Å²) < 4.78 is 26.6. The molecule has 1 rings (SSSR count). The van der Waals surface area contributed by atoms with Crippen LogP contribution >= 0.6 is 0 Å². The zero-order valence-electron chi connectivity index (χ0n) is 11.9. The van der Waals surface area contributed by atoms with Gasteiger partial charge in [-0.05, 0) is 38.0 Å². The highest BCUT2D eigenvalue weighted by atomic mass is 19.1. The highest BCUT2D eigenvalue weighted by Crippen LogP contribution is 2.13. The van der Waals surface area contributed by atoms with E-state index >= 15 is 0 Å². The summed E-state index contributed by atoms with van der Waals surface area (Å²) in [5, 5.41) is 0. The number of ketones is 1. The molecule has 0 unspecified atom stereocenters. The SMILES string of the molecule is CC(C)CN(CC(=O)c1cc(F)ccc1F)C(C)C. The molecule has 2 nitrogen and oxygen atoms in total. The van der Waals surface area contributed by atoms with Gasteiger partial charge in [-0.25, -0.2) is 8.78 Å². The van der Waals surface area contributed by atoms with Gasteiger partial charge in [0.25, 0.3) is 0 Å². The van der Waals surface area contributed by atoms with E-state index in [9.17, 15) is 13.6 Å². The van der Waals surface area contributed by atoms with Crippen molar-refractivity contribution in [2.45, 2.75) is 33.7 Å². The molecule has 0 N–H and O–H groups in total. The van der Waals surface area contributed by atoms with Crippen molar-refractivity contribution in [2.75, 3.05) is 13.1 Å². The van der Waals surface area contributed by atoms with Gasteiger partial charge in [0, 0.05) is 12.6 Å². The average molecular weight is 269 g/mol. The third-order valence-electron chi connectivity index (χ3n) is 2.91. The molecule has 0 heterocycles. The zero-order chi connectivity index (χ0) is 14.6. The summed E-state index contributed by atoms with van der Waals surface area (Å²) in [5.41, 5.74) is -0.172. The van der Waals surface area contributed by atoms with Gasteiger partial charge in [0.1, 0.15) is 11.6 Å². The molecule has 1 aromatic rings. The quantitative estimate of drug-likeness (QED) is 0.736. The number of nitrogens with zero attached hydrogens (tertiary/aromatic N) is 1. The topological polar surface area (TPSA) is 20.3 Å². The van der Waals surface area contributed by atoms with E-state index in [4.69, 9.17) is 0 Å². The molecule has 0 aliphatic rings. The van der Waals surface area contributed by atoms with Crippen molar-refractivity contribution in [3.05, 3.63) is 35.4 Å². The summed E-state index contributed by atoms with van der Waals surface area (Å²) in [5.74, 6) is -1.23. The molecular formula is C15H21F2NO. The molecule has 0 atom stereocenters. The molecular weight excluding hydrogens is 248 g/mol. The first kappa shape index (κ1) is 15.8. The van der Waals surface area contributed by atoms with E-state index in [0.717, 1.165) is 24.7 Å². The van der Waals surface area contributed by atoms with Crippen LogP contribution in [0, 0.1) is 17.6 Å². The predicted molar refractivity (Wildman–Crippen MR) is 72.2 cm³/mol. The lowest BCUT2D eigenvalue weighted by Gasteiger charge is -2.27. The fraction of sp³-hybridized carbons (Fsp3) is 0.533. The Morgan fingerprint density at radius 3 is 2.37 bits per heavy atom. The van der Waals surface area contributed by atoms with Crippen LogP contribution in [-0.4, -0.2) is 29.8 Å². The summed E-state index contributed by atoms with van der Waals surface area (Å²) in [6, 6.07) is 3.15.